The average Bonchev–Trinajstić information content (AvgIpc) is 3.45. The second kappa shape index (κ2) is 8.04. The number of fused-ring (bicyclic) bond motifs is 2. The molecule has 1 unspecified atom stereocenters. The van der Waals surface area contributed by atoms with Gasteiger partial charge in [0.2, 0.25) is 0 Å². The van der Waals surface area contributed by atoms with E-state index in [1.54, 1.807) is 0 Å². The van der Waals surface area contributed by atoms with Gasteiger partial charge in [-0.3, -0.25) is 4.90 Å². The molecule has 0 N–H and O–H groups in total. The van der Waals surface area contributed by atoms with Gasteiger partial charge in [0.15, 0.2) is 0 Å². The molecule has 8 rings (SSSR count). The summed E-state index contributed by atoms with van der Waals surface area (Å²) < 4.78 is 7.51. The number of hydroxylamine groups is 3. The molecule has 2 aromatic rings. The van der Waals surface area contributed by atoms with Crippen LogP contribution in [0.25, 0.3) is 10.8 Å². The Labute approximate surface area is 227 Å². The third-order valence-electron chi connectivity index (χ3n) is 12.2. The Balaban J connectivity index is 1.12. The lowest BCUT2D eigenvalue weighted by Crippen LogP contribution is -2.63. The van der Waals surface area contributed by atoms with E-state index < -0.39 is 0 Å². The van der Waals surface area contributed by atoms with Crippen molar-refractivity contribution in [3.8, 4) is 0 Å². The first kappa shape index (κ1) is 23.9. The minimum atomic E-state index is -0.196. The number of likely N-dealkylation sites (N-methyl/N-ethyl adjacent to an activating group) is 1. The molecule has 2 saturated heterocycles. The Hall–Kier alpha value is -1.98. The summed E-state index contributed by atoms with van der Waals surface area (Å²) >= 11 is 0. The number of nitrogens with zero attached hydrogens (tertiary/aromatic N) is 2. The predicted octanol–water partition coefficient (Wildman–Crippen LogP) is 6.71. The van der Waals surface area contributed by atoms with Crippen molar-refractivity contribution in [1.82, 2.24) is 4.90 Å². The summed E-state index contributed by atoms with van der Waals surface area (Å²) in [5.74, 6) is 1.11. The topological polar surface area (TPSA) is 35.5 Å². The maximum absolute atomic E-state index is 14.0. The van der Waals surface area contributed by atoms with E-state index in [0.29, 0.717) is 11.8 Å². The highest BCUT2D eigenvalue weighted by molar-refractivity contribution is 5.83. The van der Waals surface area contributed by atoms with Gasteiger partial charge in [-0.25, -0.2) is 0 Å². The smallest absolute Gasteiger partial charge is 0.0975 e. The van der Waals surface area contributed by atoms with Gasteiger partial charge in [-0.05, 0) is 90.3 Å². The molecular formula is C34H42N2O2. The molecule has 3 aliphatic carbocycles. The van der Waals surface area contributed by atoms with Gasteiger partial charge in [0.05, 0.1) is 30.3 Å². The van der Waals surface area contributed by atoms with E-state index in [4.69, 9.17) is 4.74 Å². The van der Waals surface area contributed by atoms with Crippen molar-refractivity contribution in [2.45, 2.75) is 81.5 Å². The van der Waals surface area contributed by atoms with Gasteiger partial charge in [0.25, 0.3) is 0 Å². The first-order valence-electron chi connectivity index (χ1n) is 15.2. The Morgan fingerprint density at radius 1 is 1.00 bits per heavy atom. The molecule has 4 heteroatoms. The lowest BCUT2D eigenvalue weighted by atomic mass is 9.58. The van der Waals surface area contributed by atoms with Crippen LogP contribution in [0, 0.1) is 16.5 Å². The van der Waals surface area contributed by atoms with Gasteiger partial charge in [0.1, 0.15) is 0 Å². The summed E-state index contributed by atoms with van der Waals surface area (Å²) in [6, 6.07) is 16.1. The molecule has 2 spiro atoms. The predicted molar refractivity (Wildman–Crippen MR) is 153 cm³/mol. The van der Waals surface area contributed by atoms with E-state index in [1.165, 1.54) is 40.3 Å². The van der Waals surface area contributed by atoms with E-state index in [0.717, 1.165) is 64.7 Å². The number of benzene rings is 2. The zero-order chi connectivity index (χ0) is 25.8. The van der Waals surface area contributed by atoms with Crippen molar-refractivity contribution in [2.75, 3.05) is 33.2 Å². The summed E-state index contributed by atoms with van der Waals surface area (Å²) in [6.07, 6.45) is 14.0. The fraction of sp³-hybridized carbons (Fsp3) is 0.588. The molecule has 2 bridgehead atoms. The fourth-order valence-electron chi connectivity index (χ4n) is 10.0. The van der Waals surface area contributed by atoms with Crippen LogP contribution in [0.15, 0.2) is 65.8 Å². The second-order valence-electron chi connectivity index (χ2n) is 13.9. The fourth-order valence-corrected chi connectivity index (χ4v) is 10.0. The Morgan fingerprint density at radius 3 is 2.66 bits per heavy atom. The summed E-state index contributed by atoms with van der Waals surface area (Å²) in [6.45, 7) is 5.88. The summed E-state index contributed by atoms with van der Waals surface area (Å²) in [4.78, 5) is 2.31. The third-order valence-corrected chi connectivity index (χ3v) is 12.2. The van der Waals surface area contributed by atoms with E-state index >= 15 is 0 Å². The molecular weight excluding hydrogens is 468 g/mol. The van der Waals surface area contributed by atoms with Crippen LogP contribution in [0.5, 0.6) is 0 Å². The van der Waals surface area contributed by atoms with Crippen LogP contribution in [0.4, 0.5) is 0 Å². The van der Waals surface area contributed by atoms with Crippen molar-refractivity contribution < 1.29 is 9.38 Å². The van der Waals surface area contributed by atoms with Crippen LogP contribution in [0.2, 0.25) is 0 Å². The molecule has 200 valence electrons. The molecule has 4 fully saturated rings. The van der Waals surface area contributed by atoms with Gasteiger partial charge in [0, 0.05) is 25.9 Å². The molecule has 0 aromatic heterocycles. The van der Waals surface area contributed by atoms with Gasteiger partial charge in [-0.2, -0.15) is 0 Å². The molecule has 3 aliphatic heterocycles. The quantitative estimate of drug-likeness (QED) is 0.333. The van der Waals surface area contributed by atoms with Crippen molar-refractivity contribution in [3.05, 3.63) is 76.5 Å². The van der Waals surface area contributed by atoms with Crippen LogP contribution in [0.3, 0.4) is 0 Å². The maximum Gasteiger partial charge on any atom is 0.0975 e. The minimum absolute atomic E-state index is 0.00358. The Kier molecular flexibility index (Phi) is 5.05. The molecule has 6 aliphatic rings. The number of rotatable bonds is 2. The van der Waals surface area contributed by atoms with Crippen LogP contribution >= 0.6 is 0 Å². The number of hydrogen-bond acceptors (Lipinski definition) is 3. The molecule has 38 heavy (non-hydrogen) atoms. The number of allylic oxidation sites excluding steroid dienone is 1. The van der Waals surface area contributed by atoms with Crippen LogP contribution in [0.1, 0.15) is 69.8 Å². The second-order valence-corrected chi connectivity index (χ2v) is 13.9. The van der Waals surface area contributed by atoms with Crippen molar-refractivity contribution in [1.29, 1.82) is 0 Å². The van der Waals surface area contributed by atoms with Crippen molar-refractivity contribution in [2.24, 2.45) is 11.3 Å². The Bertz CT molecular complexity index is 1360. The average molecular weight is 511 g/mol. The Morgan fingerprint density at radius 2 is 1.82 bits per heavy atom. The van der Waals surface area contributed by atoms with Crippen LogP contribution in [-0.4, -0.2) is 60.0 Å². The number of quaternary nitrogens is 1. The van der Waals surface area contributed by atoms with Crippen molar-refractivity contribution >= 4 is 10.8 Å². The van der Waals surface area contributed by atoms with Crippen LogP contribution in [-0.2, 0) is 4.74 Å². The summed E-state index contributed by atoms with van der Waals surface area (Å²) in [5.41, 5.74) is 4.35. The first-order chi connectivity index (χ1) is 18.3. The number of piperazine rings is 1. The standard InChI is InChI=1S/C34H42N2O2/c1-32-14-13-28-22-27-9-10-29(36(37)19-17-35(2)18-20-36)23-33(27)15-16-34(28,38-33)31(32)12-11-30(32)26-8-7-24-5-3-4-6-25(24)21-26/h3-8,13,21-22,29-31H,9-12,14-20,23H2,1-2H3/t29-,30+,31+,32+,33+,34?/m0/s1. The SMILES string of the molecule is CN1CC[N+]([O-])([C@H]2CCC3=CC4=CC[C@]5(C)[C@@H](c6ccc7ccccc7c6)CC[C@H]5C45CC[C@]3(C2)O5)CC1. The number of ether oxygens (including phenoxy) is 1. The van der Waals surface area contributed by atoms with Gasteiger partial charge < -0.3 is 14.6 Å². The molecule has 6 atom stereocenters. The van der Waals surface area contributed by atoms with E-state index in [2.05, 4.69) is 73.5 Å². The van der Waals surface area contributed by atoms with Gasteiger partial charge >= 0.3 is 0 Å². The monoisotopic (exact) mass is 510 g/mol. The van der Waals surface area contributed by atoms with E-state index in [1.807, 2.05) is 0 Å². The largest absolute Gasteiger partial charge is 0.633 e. The van der Waals surface area contributed by atoms with Gasteiger partial charge in [-0.15, -0.1) is 0 Å². The maximum atomic E-state index is 14.0. The lowest BCUT2D eigenvalue weighted by Gasteiger charge is -2.58. The number of hydrogen-bond donors (Lipinski definition) is 0. The molecule has 2 saturated carbocycles. The minimum Gasteiger partial charge on any atom is -0.633 e. The zero-order valence-electron chi connectivity index (χ0n) is 23.1. The highest BCUT2D eigenvalue weighted by Crippen LogP contribution is 2.69. The van der Waals surface area contributed by atoms with Crippen LogP contribution < -0.4 is 0 Å². The van der Waals surface area contributed by atoms with Crippen molar-refractivity contribution in [3.63, 3.8) is 0 Å². The summed E-state index contributed by atoms with van der Waals surface area (Å²) in [7, 11) is 2.15. The van der Waals surface area contributed by atoms with E-state index in [9.17, 15) is 5.21 Å². The van der Waals surface area contributed by atoms with Gasteiger partial charge in [-0.1, -0.05) is 61.5 Å². The highest BCUT2D eigenvalue weighted by Gasteiger charge is 2.67. The normalized spacial score (nSPS) is 41.7. The first-order valence-corrected chi connectivity index (χ1v) is 15.2. The molecule has 0 amide bonds. The molecule has 4 nitrogen and oxygen atoms in total. The highest BCUT2D eigenvalue weighted by atomic mass is 16.6. The molecule has 2 aromatic carbocycles. The molecule has 3 heterocycles. The lowest BCUT2D eigenvalue weighted by molar-refractivity contribution is -0.911. The summed E-state index contributed by atoms with van der Waals surface area (Å²) in [5, 5.41) is 16.7. The van der Waals surface area contributed by atoms with E-state index in [-0.39, 0.29) is 27.3 Å². The third kappa shape index (κ3) is 3.18. The molecule has 0 radical (unpaired) electrons. The zero-order valence-corrected chi connectivity index (χ0v) is 23.1.